The Balaban J connectivity index is 2.89. The van der Waals surface area contributed by atoms with Crippen LogP contribution in [0, 0.1) is 34.1 Å². The van der Waals surface area contributed by atoms with E-state index in [1.165, 1.54) is 47.1 Å². The van der Waals surface area contributed by atoms with Gasteiger partial charge in [0.2, 0.25) is 0 Å². The summed E-state index contributed by atoms with van der Waals surface area (Å²) in [6.45, 7) is 11.1. The van der Waals surface area contributed by atoms with Gasteiger partial charge in [0.15, 0.2) is 0 Å². The van der Waals surface area contributed by atoms with E-state index < -0.39 is 0 Å². The summed E-state index contributed by atoms with van der Waals surface area (Å²) in [7, 11) is 0. The van der Waals surface area contributed by atoms with Crippen molar-refractivity contribution in [1.29, 1.82) is 0 Å². The van der Waals surface area contributed by atoms with Crippen LogP contribution in [-0.2, 0) is 0 Å². The van der Waals surface area contributed by atoms with E-state index in [2.05, 4.69) is 47.1 Å². The summed E-state index contributed by atoms with van der Waals surface area (Å²) in [6.07, 6.45) is 6.17. The monoisotopic (exact) mass is 203 g/mol. The molecule has 0 bridgehead atoms. The van der Waals surface area contributed by atoms with Crippen LogP contribution in [0.15, 0.2) is 6.07 Å². The van der Waals surface area contributed by atoms with Crippen molar-refractivity contribution in [3.05, 3.63) is 40.3 Å². The molecular formula is C15H23. The Morgan fingerprint density at radius 3 is 2.27 bits per heavy atom. The van der Waals surface area contributed by atoms with Crippen LogP contribution in [0.4, 0.5) is 0 Å². The highest BCUT2D eigenvalue weighted by Crippen LogP contribution is 2.23. The van der Waals surface area contributed by atoms with Gasteiger partial charge >= 0.3 is 0 Å². The highest BCUT2D eigenvalue weighted by molar-refractivity contribution is 5.46. The van der Waals surface area contributed by atoms with E-state index in [4.69, 9.17) is 0 Å². The van der Waals surface area contributed by atoms with E-state index >= 15 is 0 Å². The Morgan fingerprint density at radius 1 is 1.00 bits per heavy atom. The molecule has 1 aromatic rings. The summed E-state index contributed by atoms with van der Waals surface area (Å²) < 4.78 is 0. The van der Waals surface area contributed by atoms with Crippen LogP contribution in [0.1, 0.15) is 54.0 Å². The first-order valence-electron chi connectivity index (χ1n) is 5.98. The predicted molar refractivity (Wildman–Crippen MR) is 68.3 cm³/mol. The molecule has 0 aliphatic rings. The van der Waals surface area contributed by atoms with Crippen LogP contribution in [0.5, 0.6) is 0 Å². The Bertz CT molecular complexity index is 334. The van der Waals surface area contributed by atoms with Crippen molar-refractivity contribution in [1.82, 2.24) is 0 Å². The first-order chi connectivity index (χ1) is 7.07. The Kier molecular flexibility index (Phi) is 4.38. The molecule has 0 heteroatoms. The van der Waals surface area contributed by atoms with Crippen LogP contribution in [0.2, 0.25) is 0 Å². The molecule has 0 fully saturated rings. The minimum absolute atomic E-state index is 1.21. The van der Waals surface area contributed by atoms with E-state index in [1.54, 1.807) is 0 Å². The van der Waals surface area contributed by atoms with Crippen molar-refractivity contribution in [2.45, 2.75) is 53.9 Å². The quantitative estimate of drug-likeness (QED) is 0.624. The summed E-state index contributed by atoms with van der Waals surface area (Å²) in [5, 5.41) is 0. The molecule has 0 aliphatic heterocycles. The van der Waals surface area contributed by atoms with Crippen molar-refractivity contribution >= 4 is 0 Å². The van der Waals surface area contributed by atoms with Crippen LogP contribution in [0.25, 0.3) is 0 Å². The number of hydrogen-bond donors (Lipinski definition) is 0. The molecule has 0 heterocycles. The van der Waals surface area contributed by atoms with Gasteiger partial charge in [-0.2, -0.15) is 0 Å². The zero-order valence-corrected chi connectivity index (χ0v) is 10.8. The normalized spacial score (nSPS) is 10.7. The van der Waals surface area contributed by atoms with Crippen LogP contribution < -0.4 is 0 Å². The van der Waals surface area contributed by atoms with Crippen molar-refractivity contribution in [3.63, 3.8) is 0 Å². The third-order valence-corrected chi connectivity index (χ3v) is 3.44. The number of unbranched alkanes of at least 4 members (excludes halogenated alkanes) is 2. The molecule has 1 rings (SSSR count). The molecule has 0 spiro atoms. The SMILES string of the molecule is CCCC[CH]c1cc(C)c(C)c(C)c1C. The molecule has 0 aromatic heterocycles. The zero-order valence-electron chi connectivity index (χ0n) is 10.8. The molecule has 0 aliphatic carbocycles. The third-order valence-electron chi connectivity index (χ3n) is 3.44. The molecular weight excluding hydrogens is 180 g/mol. The second-order valence-corrected chi connectivity index (χ2v) is 4.50. The Labute approximate surface area is 94.7 Å². The van der Waals surface area contributed by atoms with Gasteiger partial charge in [-0.25, -0.2) is 0 Å². The van der Waals surface area contributed by atoms with Gasteiger partial charge in [0, 0.05) is 0 Å². The average Bonchev–Trinajstić information content (AvgIpc) is 2.23. The number of rotatable bonds is 4. The molecule has 1 radical (unpaired) electrons. The smallest absolute Gasteiger partial charge is 0.00902 e. The predicted octanol–water partition coefficient (Wildman–Crippen LogP) is 4.66. The summed E-state index contributed by atoms with van der Waals surface area (Å²) in [5.74, 6) is 0. The summed E-state index contributed by atoms with van der Waals surface area (Å²) in [6, 6.07) is 2.33. The summed E-state index contributed by atoms with van der Waals surface area (Å²) >= 11 is 0. The first-order valence-corrected chi connectivity index (χ1v) is 5.98. The van der Waals surface area contributed by atoms with Gasteiger partial charge in [0.05, 0.1) is 0 Å². The minimum Gasteiger partial charge on any atom is -0.0654 e. The Hall–Kier alpha value is -0.780. The van der Waals surface area contributed by atoms with Crippen LogP contribution in [-0.4, -0.2) is 0 Å². The molecule has 0 N–H and O–H groups in total. The van der Waals surface area contributed by atoms with E-state index in [-0.39, 0.29) is 0 Å². The lowest BCUT2D eigenvalue weighted by atomic mass is 9.92. The fourth-order valence-corrected chi connectivity index (χ4v) is 1.92. The van der Waals surface area contributed by atoms with Crippen LogP contribution >= 0.6 is 0 Å². The maximum absolute atomic E-state index is 2.39. The molecule has 0 saturated carbocycles. The zero-order chi connectivity index (χ0) is 11.4. The molecule has 0 saturated heterocycles. The van der Waals surface area contributed by atoms with Gasteiger partial charge in [-0.15, -0.1) is 0 Å². The molecule has 15 heavy (non-hydrogen) atoms. The summed E-state index contributed by atoms with van der Waals surface area (Å²) in [4.78, 5) is 0. The van der Waals surface area contributed by atoms with Gasteiger partial charge in [-0.05, 0) is 68.4 Å². The maximum atomic E-state index is 2.39. The number of aryl methyl sites for hydroxylation is 1. The lowest BCUT2D eigenvalue weighted by molar-refractivity contribution is 0.789. The molecule has 1 aromatic carbocycles. The third kappa shape index (κ3) is 2.84. The van der Waals surface area contributed by atoms with Crippen molar-refractivity contribution in [3.8, 4) is 0 Å². The minimum atomic E-state index is 1.21. The van der Waals surface area contributed by atoms with Gasteiger partial charge in [-0.3, -0.25) is 0 Å². The van der Waals surface area contributed by atoms with Gasteiger partial charge < -0.3 is 0 Å². The second kappa shape index (κ2) is 5.34. The topological polar surface area (TPSA) is 0 Å². The largest absolute Gasteiger partial charge is 0.0654 e. The second-order valence-electron chi connectivity index (χ2n) is 4.50. The fraction of sp³-hybridized carbons (Fsp3) is 0.533. The number of benzene rings is 1. The average molecular weight is 203 g/mol. The maximum Gasteiger partial charge on any atom is -0.00902 e. The van der Waals surface area contributed by atoms with E-state index in [0.29, 0.717) is 0 Å². The van der Waals surface area contributed by atoms with Crippen molar-refractivity contribution in [2.75, 3.05) is 0 Å². The molecule has 83 valence electrons. The molecule has 0 amide bonds. The Morgan fingerprint density at radius 2 is 1.67 bits per heavy atom. The first kappa shape index (κ1) is 12.3. The van der Waals surface area contributed by atoms with E-state index in [0.717, 1.165) is 0 Å². The highest BCUT2D eigenvalue weighted by Gasteiger charge is 2.06. The fourth-order valence-electron chi connectivity index (χ4n) is 1.92. The molecule has 0 unspecified atom stereocenters. The lowest BCUT2D eigenvalue weighted by Gasteiger charge is -2.13. The lowest BCUT2D eigenvalue weighted by Crippen LogP contribution is -1.96. The van der Waals surface area contributed by atoms with Gasteiger partial charge in [0.25, 0.3) is 0 Å². The van der Waals surface area contributed by atoms with E-state index in [1.807, 2.05) is 0 Å². The molecule has 0 nitrogen and oxygen atoms in total. The summed E-state index contributed by atoms with van der Waals surface area (Å²) in [5.41, 5.74) is 7.21. The van der Waals surface area contributed by atoms with Crippen molar-refractivity contribution in [2.24, 2.45) is 0 Å². The molecule has 0 atom stereocenters. The highest BCUT2D eigenvalue weighted by atomic mass is 14.1. The van der Waals surface area contributed by atoms with Crippen LogP contribution in [0.3, 0.4) is 0 Å². The van der Waals surface area contributed by atoms with Gasteiger partial charge in [-0.1, -0.05) is 25.8 Å². The van der Waals surface area contributed by atoms with Gasteiger partial charge in [0.1, 0.15) is 0 Å². The van der Waals surface area contributed by atoms with Crippen molar-refractivity contribution < 1.29 is 0 Å². The number of hydrogen-bond acceptors (Lipinski definition) is 0. The van der Waals surface area contributed by atoms with E-state index in [9.17, 15) is 0 Å². The standard InChI is InChI=1S/C15H23/c1-6-7-8-9-15-10-11(2)12(3)13(4)14(15)5/h9-10H,6-8H2,1-5H3.